The van der Waals surface area contributed by atoms with Crippen LogP contribution < -0.4 is 15.6 Å². The molecule has 5 rings (SSSR count). The third kappa shape index (κ3) is 4.20. The lowest BCUT2D eigenvalue weighted by Crippen LogP contribution is -2.13. The van der Waals surface area contributed by atoms with Crippen LogP contribution in [-0.4, -0.2) is 24.7 Å². The molecule has 0 fully saturated rings. The standard InChI is InChI=1S/C24H20N6O2/c31-23-20-15-27-30(19-9-5-2-6-10-19)22(20)28-24(29-23)26-14-18-11-12-25-21(13-18)32-16-17-7-3-1-4-8-17/h1-13,15H,14,16H2,(H2,26,28,29,31). The molecule has 5 aromatic rings. The van der Waals surface area contributed by atoms with Gasteiger partial charge < -0.3 is 10.1 Å². The third-order valence-electron chi connectivity index (χ3n) is 4.93. The second-order valence-electron chi connectivity index (χ2n) is 7.17. The van der Waals surface area contributed by atoms with E-state index in [-0.39, 0.29) is 5.56 Å². The summed E-state index contributed by atoms with van der Waals surface area (Å²) in [5, 5.41) is 7.93. The Labute approximate surface area is 183 Å². The van der Waals surface area contributed by atoms with Crippen molar-refractivity contribution in [2.45, 2.75) is 13.2 Å². The quantitative estimate of drug-likeness (QED) is 0.414. The molecule has 0 radical (unpaired) electrons. The van der Waals surface area contributed by atoms with E-state index in [4.69, 9.17) is 4.74 Å². The molecule has 3 aromatic heterocycles. The number of aromatic nitrogens is 5. The molecule has 0 spiro atoms. The predicted molar refractivity (Wildman–Crippen MR) is 122 cm³/mol. The van der Waals surface area contributed by atoms with Crippen LogP contribution >= 0.6 is 0 Å². The highest BCUT2D eigenvalue weighted by Crippen LogP contribution is 2.16. The SMILES string of the molecule is O=c1[nH]c(NCc2ccnc(OCc3ccccc3)c2)nc2c1cnn2-c1ccccc1. The summed E-state index contributed by atoms with van der Waals surface area (Å²) < 4.78 is 7.44. The molecule has 0 saturated carbocycles. The van der Waals surface area contributed by atoms with Gasteiger partial charge in [0.1, 0.15) is 12.0 Å². The minimum Gasteiger partial charge on any atom is -0.473 e. The van der Waals surface area contributed by atoms with Crippen LogP contribution in [0.4, 0.5) is 5.95 Å². The molecule has 3 heterocycles. The number of H-pyrrole nitrogens is 1. The van der Waals surface area contributed by atoms with E-state index in [1.54, 1.807) is 10.9 Å². The van der Waals surface area contributed by atoms with Gasteiger partial charge in [-0.1, -0.05) is 48.5 Å². The summed E-state index contributed by atoms with van der Waals surface area (Å²) in [5.41, 5.74) is 3.09. The molecule has 158 valence electrons. The molecule has 0 aliphatic heterocycles. The van der Waals surface area contributed by atoms with Crippen molar-refractivity contribution in [1.29, 1.82) is 0 Å². The minimum absolute atomic E-state index is 0.249. The highest BCUT2D eigenvalue weighted by molar-refractivity contribution is 5.76. The van der Waals surface area contributed by atoms with Crippen LogP contribution in [0.5, 0.6) is 5.88 Å². The maximum atomic E-state index is 12.5. The van der Waals surface area contributed by atoms with Crippen molar-refractivity contribution < 1.29 is 4.74 Å². The first-order chi connectivity index (χ1) is 15.8. The smallest absolute Gasteiger partial charge is 0.263 e. The molecule has 2 aromatic carbocycles. The number of aromatic amines is 1. The van der Waals surface area contributed by atoms with Crippen LogP contribution in [0, 0.1) is 0 Å². The molecule has 0 atom stereocenters. The van der Waals surface area contributed by atoms with Gasteiger partial charge in [-0.05, 0) is 29.3 Å². The van der Waals surface area contributed by atoms with E-state index in [1.807, 2.05) is 72.8 Å². The molecular formula is C24H20N6O2. The highest BCUT2D eigenvalue weighted by Gasteiger charge is 2.11. The van der Waals surface area contributed by atoms with Gasteiger partial charge >= 0.3 is 0 Å². The van der Waals surface area contributed by atoms with Gasteiger partial charge in [0.15, 0.2) is 5.65 Å². The number of pyridine rings is 1. The predicted octanol–water partition coefficient (Wildman–Crippen LogP) is 3.69. The molecule has 0 aliphatic rings. The van der Waals surface area contributed by atoms with Crippen LogP contribution in [0.1, 0.15) is 11.1 Å². The fourth-order valence-corrected chi connectivity index (χ4v) is 3.32. The summed E-state index contributed by atoms with van der Waals surface area (Å²) in [7, 11) is 0. The lowest BCUT2D eigenvalue weighted by atomic mass is 10.2. The second-order valence-corrected chi connectivity index (χ2v) is 7.17. The van der Waals surface area contributed by atoms with Crippen molar-refractivity contribution in [3.8, 4) is 11.6 Å². The average Bonchev–Trinajstić information content (AvgIpc) is 3.28. The molecular weight excluding hydrogens is 404 g/mol. The van der Waals surface area contributed by atoms with Crippen LogP contribution in [0.3, 0.4) is 0 Å². The summed E-state index contributed by atoms with van der Waals surface area (Å²) in [6.45, 7) is 0.887. The monoisotopic (exact) mass is 424 g/mol. The van der Waals surface area contributed by atoms with Gasteiger partial charge in [-0.2, -0.15) is 10.1 Å². The van der Waals surface area contributed by atoms with Crippen molar-refractivity contribution in [3.05, 3.63) is 107 Å². The van der Waals surface area contributed by atoms with Gasteiger partial charge in [0.2, 0.25) is 11.8 Å². The number of ether oxygens (including phenoxy) is 1. The lowest BCUT2D eigenvalue weighted by molar-refractivity contribution is 0.293. The topological polar surface area (TPSA) is 97.7 Å². The Morgan fingerprint density at radius 1 is 0.969 bits per heavy atom. The van der Waals surface area contributed by atoms with E-state index < -0.39 is 0 Å². The Balaban J connectivity index is 1.32. The fourth-order valence-electron chi connectivity index (χ4n) is 3.32. The first kappa shape index (κ1) is 19.5. The number of hydrogen-bond acceptors (Lipinski definition) is 6. The van der Waals surface area contributed by atoms with Gasteiger partial charge in [0.25, 0.3) is 5.56 Å². The van der Waals surface area contributed by atoms with E-state index >= 15 is 0 Å². The zero-order valence-corrected chi connectivity index (χ0v) is 17.1. The van der Waals surface area contributed by atoms with E-state index in [0.29, 0.717) is 36.0 Å². The second kappa shape index (κ2) is 8.73. The summed E-state index contributed by atoms with van der Waals surface area (Å²) in [6.07, 6.45) is 3.22. The number of fused-ring (bicyclic) bond motifs is 1. The summed E-state index contributed by atoms with van der Waals surface area (Å²) in [4.78, 5) is 24.1. The van der Waals surface area contributed by atoms with Crippen molar-refractivity contribution in [3.63, 3.8) is 0 Å². The third-order valence-corrected chi connectivity index (χ3v) is 4.93. The summed E-state index contributed by atoms with van der Waals surface area (Å²) >= 11 is 0. The highest BCUT2D eigenvalue weighted by atomic mass is 16.5. The number of nitrogens with one attached hydrogen (secondary N) is 2. The largest absolute Gasteiger partial charge is 0.473 e. The van der Waals surface area contributed by atoms with Crippen molar-refractivity contribution in [1.82, 2.24) is 24.7 Å². The van der Waals surface area contributed by atoms with E-state index in [1.165, 1.54) is 6.20 Å². The van der Waals surface area contributed by atoms with Gasteiger partial charge in [-0.25, -0.2) is 9.67 Å². The molecule has 0 bridgehead atoms. The maximum Gasteiger partial charge on any atom is 0.263 e. The van der Waals surface area contributed by atoms with Gasteiger partial charge in [0, 0.05) is 18.8 Å². The maximum absolute atomic E-state index is 12.5. The van der Waals surface area contributed by atoms with Crippen LogP contribution in [0.15, 0.2) is 90.0 Å². The van der Waals surface area contributed by atoms with Crippen LogP contribution in [-0.2, 0) is 13.2 Å². The zero-order valence-electron chi connectivity index (χ0n) is 17.1. The Hall–Kier alpha value is -4.46. The minimum atomic E-state index is -0.249. The Morgan fingerprint density at radius 2 is 1.75 bits per heavy atom. The Bertz CT molecular complexity index is 1400. The van der Waals surface area contributed by atoms with Gasteiger partial charge in [-0.3, -0.25) is 9.78 Å². The van der Waals surface area contributed by atoms with Crippen molar-refractivity contribution in [2.24, 2.45) is 0 Å². The number of para-hydroxylation sites is 1. The molecule has 0 saturated heterocycles. The van der Waals surface area contributed by atoms with Gasteiger partial charge in [0.05, 0.1) is 11.9 Å². The number of anilines is 1. The van der Waals surface area contributed by atoms with E-state index in [2.05, 4.69) is 25.4 Å². The van der Waals surface area contributed by atoms with E-state index in [9.17, 15) is 4.79 Å². The first-order valence-electron chi connectivity index (χ1n) is 10.2. The molecule has 0 aliphatic carbocycles. The Morgan fingerprint density at radius 3 is 2.56 bits per heavy atom. The average molecular weight is 424 g/mol. The lowest BCUT2D eigenvalue weighted by Gasteiger charge is -2.09. The van der Waals surface area contributed by atoms with Crippen LogP contribution in [0.25, 0.3) is 16.7 Å². The van der Waals surface area contributed by atoms with E-state index in [0.717, 1.165) is 16.8 Å². The fraction of sp³-hybridized carbons (Fsp3) is 0.0833. The van der Waals surface area contributed by atoms with Crippen molar-refractivity contribution >= 4 is 17.0 Å². The number of rotatable bonds is 7. The Kier molecular flexibility index (Phi) is 5.32. The number of benzene rings is 2. The summed E-state index contributed by atoms with van der Waals surface area (Å²) in [6, 6.07) is 23.2. The molecule has 32 heavy (non-hydrogen) atoms. The number of nitrogens with zero attached hydrogens (tertiary/aromatic N) is 4. The molecule has 2 N–H and O–H groups in total. The van der Waals surface area contributed by atoms with Gasteiger partial charge in [-0.15, -0.1) is 0 Å². The van der Waals surface area contributed by atoms with Crippen molar-refractivity contribution in [2.75, 3.05) is 5.32 Å². The summed E-state index contributed by atoms with van der Waals surface area (Å²) in [5.74, 6) is 0.899. The first-order valence-corrected chi connectivity index (χ1v) is 10.2. The molecule has 0 amide bonds. The zero-order chi connectivity index (χ0) is 21.8. The normalized spacial score (nSPS) is 10.9. The molecule has 8 heteroatoms. The van der Waals surface area contributed by atoms with Crippen LogP contribution in [0.2, 0.25) is 0 Å². The number of hydrogen-bond donors (Lipinski definition) is 2. The molecule has 0 unspecified atom stereocenters. The molecule has 8 nitrogen and oxygen atoms in total.